The maximum absolute atomic E-state index is 14.3. The number of benzene rings is 2. The first kappa shape index (κ1) is 41.7. The minimum Gasteiger partial charge on any atom is -0.463 e. The van der Waals surface area contributed by atoms with Crippen molar-refractivity contribution in [1.82, 2.24) is 30.2 Å². The number of fused-ring (bicyclic) bond motifs is 1. The Balaban J connectivity index is 1.00. The van der Waals surface area contributed by atoms with Crippen LogP contribution in [0.5, 0.6) is 5.75 Å². The van der Waals surface area contributed by atoms with E-state index >= 15 is 0 Å². The van der Waals surface area contributed by atoms with Crippen LogP contribution in [0.1, 0.15) is 63.0 Å². The topological polar surface area (TPSA) is 196 Å². The number of hydrogen-bond acceptors (Lipinski definition) is 10. The molecule has 16 nitrogen and oxygen atoms in total. The Morgan fingerprint density at radius 1 is 0.862 bits per heavy atom. The van der Waals surface area contributed by atoms with Crippen molar-refractivity contribution in [3.8, 4) is 5.75 Å². The van der Waals surface area contributed by atoms with Gasteiger partial charge in [0.15, 0.2) is 0 Å². The molecule has 316 valence electrons. The van der Waals surface area contributed by atoms with E-state index in [2.05, 4.69) is 20.9 Å². The molecule has 5 heterocycles. The SMILES string of the molecule is CC(=O)N[C@H]1[C@H](Oc2ccc(C[C@@H](NC(=O)N3CCC(N4CCc5ccccc5NC4=O)CC3)C(=O)N3CCC(N4CCCCC4)CC3)cc2)O[C@H](CO)[C@@H](O)[C@@H]1O. The zero-order valence-corrected chi connectivity index (χ0v) is 33.3. The maximum Gasteiger partial charge on any atom is 0.322 e. The molecule has 0 spiro atoms. The summed E-state index contributed by atoms with van der Waals surface area (Å²) in [5.41, 5.74) is 2.72. The minimum atomic E-state index is -1.45. The van der Waals surface area contributed by atoms with Gasteiger partial charge < -0.3 is 60.3 Å². The highest BCUT2D eigenvalue weighted by Gasteiger charge is 2.46. The van der Waals surface area contributed by atoms with Gasteiger partial charge in [0, 0.05) is 63.8 Å². The molecular weight excluding hydrogens is 747 g/mol. The molecule has 0 unspecified atom stereocenters. The second-order valence-corrected chi connectivity index (χ2v) is 16.3. The van der Waals surface area contributed by atoms with Crippen molar-refractivity contribution in [2.45, 2.75) is 113 Å². The molecule has 0 radical (unpaired) electrons. The van der Waals surface area contributed by atoms with Crippen LogP contribution < -0.4 is 20.7 Å². The normalized spacial score (nSPS) is 26.9. The lowest BCUT2D eigenvalue weighted by Gasteiger charge is -2.42. The number of aliphatic hydroxyl groups is 3. The van der Waals surface area contributed by atoms with Crippen LogP contribution in [0.4, 0.5) is 15.3 Å². The molecule has 6 atom stereocenters. The van der Waals surface area contributed by atoms with Crippen LogP contribution in [-0.2, 0) is 27.2 Å². The summed E-state index contributed by atoms with van der Waals surface area (Å²) in [6, 6.07) is 12.8. The van der Waals surface area contributed by atoms with Crippen molar-refractivity contribution in [3.05, 3.63) is 59.7 Å². The second-order valence-electron chi connectivity index (χ2n) is 16.3. The van der Waals surface area contributed by atoms with Crippen LogP contribution in [-0.4, -0.2) is 160 Å². The van der Waals surface area contributed by atoms with Gasteiger partial charge in [-0.15, -0.1) is 0 Å². The Labute approximate surface area is 339 Å². The molecule has 2 aromatic carbocycles. The first-order valence-corrected chi connectivity index (χ1v) is 21.0. The average molecular weight is 806 g/mol. The van der Waals surface area contributed by atoms with Crippen molar-refractivity contribution in [2.75, 3.05) is 57.7 Å². The summed E-state index contributed by atoms with van der Waals surface area (Å²) in [6.45, 7) is 5.67. The molecule has 5 aliphatic rings. The number of nitrogens with zero attached hydrogens (tertiary/aromatic N) is 4. The molecule has 4 fully saturated rings. The molecule has 2 aromatic rings. The molecule has 0 bridgehead atoms. The second kappa shape index (κ2) is 19.1. The smallest absolute Gasteiger partial charge is 0.322 e. The first-order valence-electron chi connectivity index (χ1n) is 21.0. The number of amides is 6. The summed E-state index contributed by atoms with van der Waals surface area (Å²) in [6.07, 6.45) is 2.52. The number of ether oxygens (including phenoxy) is 2. The quantitative estimate of drug-likeness (QED) is 0.206. The fourth-order valence-corrected chi connectivity index (χ4v) is 9.16. The molecule has 16 heteroatoms. The van der Waals surface area contributed by atoms with E-state index in [-0.39, 0.29) is 30.4 Å². The van der Waals surface area contributed by atoms with Gasteiger partial charge in [-0.1, -0.05) is 36.8 Å². The Morgan fingerprint density at radius 3 is 2.22 bits per heavy atom. The summed E-state index contributed by atoms with van der Waals surface area (Å²) in [7, 11) is 0. The van der Waals surface area contributed by atoms with Gasteiger partial charge in [0.2, 0.25) is 18.1 Å². The van der Waals surface area contributed by atoms with Gasteiger partial charge in [0.1, 0.15) is 36.1 Å². The monoisotopic (exact) mass is 805 g/mol. The Morgan fingerprint density at radius 2 is 1.53 bits per heavy atom. The summed E-state index contributed by atoms with van der Waals surface area (Å²) in [4.78, 5) is 61.3. The summed E-state index contributed by atoms with van der Waals surface area (Å²) in [5, 5.41) is 39.4. The maximum atomic E-state index is 14.3. The van der Waals surface area contributed by atoms with Crippen LogP contribution in [0.15, 0.2) is 48.5 Å². The number of piperidine rings is 3. The van der Waals surface area contributed by atoms with Crippen LogP contribution in [0.25, 0.3) is 0 Å². The highest BCUT2D eigenvalue weighted by Crippen LogP contribution is 2.28. The van der Waals surface area contributed by atoms with Gasteiger partial charge in [-0.05, 0) is 87.4 Å². The number of carbonyl (C=O) groups excluding carboxylic acids is 4. The largest absolute Gasteiger partial charge is 0.463 e. The fraction of sp³-hybridized carbons (Fsp3) is 0.619. The molecular formula is C42H59N7O9. The van der Waals surface area contributed by atoms with Crippen molar-refractivity contribution in [3.63, 3.8) is 0 Å². The summed E-state index contributed by atoms with van der Waals surface area (Å²) < 4.78 is 11.7. The van der Waals surface area contributed by atoms with Gasteiger partial charge >= 0.3 is 12.1 Å². The van der Waals surface area contributed by atoms with E-state index in [1.165, 1.54) is 26.2 Å². The first-order chi connectivity index (χ1) is 28.1. The number of carbonyl (C=O) groups is 4. The van der Waals surface area contributed by atoms with Crippen molar-refractivity contribution in [2.24, 2.45) is 0 Å². The van der Waals surface area contributed by atoms with Crippen molar-refractivity contribution >= 4 is 29.6 Å². The Hall–Kier alpha value is -4.48. The van der Waals surface area contributed by atoms with Gasteiger partial charge in [-0.25, -0.2) is 9.59 Å². The lowest BCUT2D eigenvalue weighted by atomic mass is 9.97. The Kier molecular flexibility index (Phi) is 13.7. The lowest BCUT2D eigenvalue weighted by molar-refractivity contribution is -0.244. The molecule has 0 aromatic heterocycles. The van der Waals surface area contributed by atoms with Gasteiger partial charge in [-0.3, -0.25) is 9.59 Å². The van der Waals surface area contributed by atoms with E-state index < -0.39 is 49.2 Å². The molecule has 6 N–H and O–H groups in total. The predicted molar refractivity (Wildman–Crippen MR) is 214 cm³/mol. The third-order valence-electron chi connectivity index (χ3n) is 12.5. The fourth-order valence-electron chi connectivity index (χ4n) is 9.16. The molecule has 4 saturated heterocycles. The molecule has 0 saturated carbocycles. The van der Waals surface area contributed by atoms with E-state index in [9.17, 15) is 34.5 Å². The average Bonchev–Trinajstić information content (AvgIpc) is 3.41. The van der Waals surface area contributed by atoms with Crippen LogP contribution in [0.2, 0.25) is 0 Å². The summed E-state index contributed by atoms with van der Waals surface area (Å²) in [5.74, 6) is -0.251. The number of para-hydroxylation sites is 1. The number of rotatable bonds is 10. The van der Waals surface area contributed by atoms with Crippen LogP contribution in [0, 0.1) is 0 Å². The molecule has 58 heavy (non-hydrogen) atoms. The molecule has 0 aliphatic carbocycles. The third-order valence-corrected chi connectivity index (χ3v) is 12.5. The zero-order valence-electron chi connectivity index (χ0n) is 33.3. The number of hydrogen-bond donors (Lipinski definition) is 6. The van der Waals surface area contributed by atoms with Gasteiger partial charge in [0.05, 0.1) is 6.61 Å². The highest BCUT2D eigenvalue weighted by atomic mass is 16.7. The lowest BCUT2D eigenvalue weighted by Crippen LogP contribution is -2.65. The van der Waals surface area contributed by atoms with E-state index in [4.69, 9.17) is 9.47 Å². The Bertz CT molecular complexity index is 1730. The number of nitrogens with one attached hydrogen (secondary N) is 3. The highest BCUT2D eigenvalue weighted by molar-refractivity contribution is 5.91. The van der Waals surface area contributed by atoms with Gasteiger partial charge in [-0.2, -0.15) is 0 Å². The van der Waals surface area contributed by atoms with Crippen LogP contribution in [0.3, 0.4) is 0 Å². The van der Waals surface area contributed by atoms with Crippen LogP contribution >= 0.6 is 0 Å². The standard InChI is InChI=1S/C42H59N7O9/c1-27(51)43-36-38(53)37(52)35(26-50)58-40(36)57-32-11-9-28(10-12-32)25-34(39(54)47-20-14-30(15-21-47)46-18-5-2-6-19-46)45-41(55)48-22-16-31(17-23-48)49-24-13-29-7-3-4-8-33(29)44-42(49)56/h3-4,7-12,30-31,34-38,40,50,52-53H,2,5-6,13-26H2,1H3,(H,43,51)(H,44,56)(H,45,55)/t34-,35-,36-,37-,38-,40-/m1/s1. The molecule has 7 rings (SSSR count). The van der Waals surface area contributed by atoms with E-state index in [0.717, 1.165) is 49.2 Å². The molecule has 5 aliphatic heterocycles. The number of urea groups is 2. The van der Waals surface area contributed by atoms with Crippen molar-refractivity contribution in [1.29, 1.82) is 0 Å². The third kappa shape index (κ3) is 9.85. The van der Waals surface area contributed by atoms with Gasteiger partial charge in [0.25, 0.3) is 0 Å². The number of aliphatic hydroxyl groups excluding tert-OH is 3. The predicted octanol–water partition coefficient (Wildman–Crippen LogP) is 1.66. The molecule has 6 amide bonds. The minimum absolute atomic E-state index is 0.00638. The zero-order chi connectivity index (χ0) is 40.8. The van der Waals surface area contributed by atoms with Crippen molar-refractivity contribution < 1.29 is 44.0 Å². The van der Waals surface area contributed by atoms with E-state index in [1.54, 1.807) is 29.2 Å². The number of likely N-dealkylation sites (tertiary alicyclic amines) is 3. The van der Waals surface area contributed by atoms with E-state index in [1.807, 2.05) is 34.1 Å². The summed E-state index contributed by atoms with van der Waals surface area (Å²) >= 11 is 0. The number of anilines is 1. The van der Waals surface area contributed by atoms with E-state index in [0.29, 0.717) is 57.4 Å².